The highest BCUT2D eigenvalue weighted by Gasteiger charge is 2.36. The third-order valence-corrected chi connectivity index (χ3v) is 5.73. The number of rotatable bonds is 9. The van der Waals surface area contributed by atoms with Gasteiger partial charge in [0.2, 0.25) is 0 Å². The van der Waals surface area contributed by atoms with Gasteiger partial charge >= 0.3 is 18.0 Å². The Kier molecular flexibility index (Phi) is 9.26. The summed E-state index contributed by atoms with van der Waals surface area (Å²) in [5.74, 6) is -1.16. The van der Waals surface area contributed by atoms with Gasteiger partial charge in [0.1, 0.15) is 12.4 Å². The molecule has 1 atom stereocenters. The van der Waals surface area contributed by atoms with Gasteiger partial charge in [0.05, 0.1) is 23.2 Å². The van der Waals surface area contributed by atoms with E-state index in [0.29, 0.717) is 41.2 Å². The van der Waals surface area contributed by atoms with Gasteiger partial charge in [-0.1, -0.05) is 30.7 Å². The molecule has 1 heterocycles. The first-order valence-electron chi connectivity index (χ1n) is 11.3. The van der Waals surface area contributed by atoms with E-state index >= 15 is 0 Å². The predicted octanol–water partition coefficient (Wildman–Crippen LogP) is 5.06. The Morgan fingerprint density at radius 2 is 1.86 bits per heavy atom. The molecule has 0 unspecified atom stereocenters. The molecular formula is C25H28ClFN4O5. The fourth-order valence-corrected chi connectivity index (χ4v) is 3.93. The first kappa shape index (κ1) is 27.0. The monoisotopic (exact) mass is 518 g/mol. The molecule has 0 aliphatic carbocycles. The summed E-state index contributed by atoms with van der Waals surface area (Å²) in [5, 5.41) is 8.01. The van der Waals surface area contributed by atoms with Crippen molar-refractivity contribution in [1.29, 1.82) is 0 Å². The second kappa shape index (κ2) is 12.4. The molecule has 11 heteroatoms. The summed E-state index contributed by atoms with van der Waals surface area (Å²) < 4.78 is 23.7. The van der Waals surface area contributed by atoms with Crippen LogP contribution >= 0.6 is 11.6 Å². The number of carbonyl (C=O) groups is 3. The SMILES string of the molecule is CCCN1C(=O)N[C@H](c2cccc(NC(=O)Nc3ccc(F)c(Cl)c3)c2)C(C(=O)OCCOC)=C1C. The van der Waals surface area contributed by atoms with E-state index in [4.69, 9.17) is 21.1 Å². The minimum absolute atomic E-state index is 0.0652. The Hall–Kier alpha value is -3.63. The summed E-state index contributed by atoms with van der Waals surface area (Å²) in [6, 6.07) is 8.84. The molecule has 3 N–H and O–H groups in total. The van der Waals surface area contributed by atoms with Crippen LogP contribution in [0.25, 0.3) is 0 Å². The highest BCUT2D eigenvalue weighted by Crippen LogP contribution is 2.32. The fourth-order valence-electron chi connectivity index (χ4n) is 3.75. The lowest BCUT2D eigenvalue weighted by Gasteiger charge is -2.35. The number of halogens is 2. The van der Waals surface area contributed by atoms with Gasteiger partial charge in [0.15, 0.2) is 0 Å². The number of allylic oxidation sites excluding steroid dienone is 1. The molecule has 9 nitrogen and oxygen atoms in total. The van der Waals surface area contributed by atoms with Gasteiger partial charge in [-0.3, -0.25) is 4.90 Å². The van der Waals surface area contributed by atoms with Gasteiger partial charge in [0.25, 0.3) is 0 Å². The van der Waals surface area contributed by atoms with Crippen LogP contribution in [0.3, 0.4) is 0 Å². The standard InChI is InChI=1S/C25H28ClFN4O5/c1-4-10-31-15(2)21(23(32)36-12-11-35-3)22(30-25(31)34)16-6-5-7-17(13-16)28-24(33)29-18-8-9-20(27)19(26)14-18/h5-9,13-14,22H,4,10-12H2,1-3H3,(H,30,34)(H2,28,29,33)/t22-/m1/s1. The number of nitrogens with one attached hydrogen (secondary N) is 3. The molecule has 2 aromatic rings. The van der Waals surface area contributed by atoms with Crippen LogP contribution in [0.4, 0.5) is 25.4 Å². The van der Waals surface area contributed by atoms with Crippen LogP contribution in [0.15, 0.2) is 53.7 Å². The van der Waals surface area contributed by atoms with Crippen molar-refractivity contribution in [3.8, 4) is 0 Å². The topological polar surface area (TPSA) is 109 Å². The van der Waals surface area contributed by atoms with Crippen molar-refractivity contribution in [2.45, 2.75) is 26.3 Å². The van der Waals surface area contributed by atoms with Crippen LogP contribution in [0, 0.1) is 5.82 Å². The molecule has 36 heavy (non-hydrogen) atoms. The highest BCUT2D eigenvalue weighted by atomic mass is 35.5. The average molecular weight is 519 g/mol. The number of benzene rings is 2. The van der Waals surface area contributed by atoms with Crippen molar-refractivity contribution in [1.82, 2.24) is 10.2 Å². The van der Waals surface area contributed by atoms with Crippen molar-refractivity contribution in [2.24, 2.45) is 0 Å². The Labute approximate surface area is 213 Å². The quantitative estimate of drug-likeness (QED) is 0.317. The van der Waals surface area contributed by atoms with Crippen LogP contribution in [-0.2, 0) is 14.3 Å². The zero-order valence-corrected chi connectivity index (χ0v) is 20.9. The smallest absolute Gasteiger partial charge is 0.338 e. The number of esters is 1. The lowest BCUT2D eigenvalue weighted by molar-refractivity contribution is -0.140. The van der Waals surface area contributed by atoms with Crippen LogP contribution < -0.4 is 16.0 Å². The number of hydrogen-bond acceptors (Lipinski definition) is 5. The maximum absolute atomic E-state index is 13.4. The van der Waals surface area contributed by atoms with Gasteiger partial charge in [-0.05, 0) is 49.2 Å². The molecule has 0 bridgehead atoms. The molecular weight excluding hydrogens is 491 g/mol. The van der Waals surface area contributed by atoms with Crippen molar-refractivity contribution in [2.75, 3.05) is 37.5 Å². The van der Waals surface area contributed by atoms with Crippen molar-refractivity contribution >= 4 is 41.0 Å². The Morgan fingerprint density at radius 1 is 1.14 bits per heavy atom. The maximum Gasteiger partial charge on any atom is 0.338 e. The first-order chi connectivity index (χ1) is 17.2. The van der Waals surface area contributed by atoms with Gasteiger partial charge < -0.3 is 25.4 Å². The molecule has 4 amide bonds. The fraction of sp³-hybridized carbons (Fsp3) is 0.320. The van der Waals surface area contributed by atoms with E-state index in [1.807, 2.05) is 6.92 Å². The van der Waals surface area contributed by atoms with Crippen molar-refractivity contribution in [3.63, 3.8) is 0 Å². The minimum atomic E-state index is -0.790. The van der Waals surface area contributed by atoms with E-state index in [9.17, 15) is 18.8 Å². The summed E-state index contributed by atoms with van der Waals surface area (Å²) in [6.45, 7) is 4.38. The van der Waals surface area contributed by atoms with Crippen molar-refractivity contribution < 1.29 is 28.2 Å². The van der Waals surface area contributed by atoms with Crippen LogP contribution in [-0.4, -0.2) is 49.8 Å². The molecule has 0 aromatic heterocycles. The second-order valence-electron chi connectivity index (χ2n) is 8.00. The van der Waals surface area contributed by atoms with E-state index in [0.717, 1.165) is 6.07 Å². The van der Waals surface area contributed by atoms with Crippen LogP contribution in [0.5, 0.6) is 0 Å². The molecule has 2 aromatic carbocycles. The third-order valence-electron chi connectivity index (χ3n) is 5.44. The lowest BCUT2D eigenvalue weighted by atomic mass is 9.94. The van der Waals surface area contributed by atoms with Gasteiger partial charge in [-0.15, -0.1) is 0 Å². The molecule has 0 saturated carbocycles. The highest BCUT2D eigenvalue weighted by molar-refractivity contribution is 6.31. The van der Waals surface area contributed by atoms with Crippen LogP contribution in [0.2, 0.25) is 5.02 Å². The zero-order valence-electron chi connectivity index (χ0n) is 20.2. The number of carbonyl (C=O) groups excluding carboxylic acids is 3. The summed E-state index contributed by atoms with van der Waals surface area (Å²) in [5.41, 5.74) is 2.08. The zero-order chi connectivity index (χ0) is 26.2. The Balaban J connectivity index is 1.85. The number of nitrogens with zero attached hydrogens (tertiary/aromatic N) is 1. The van der Waals surface area contributed by atoms with Gasteiger partial charge in [-0.25, -0.2) is 18.8 Å². The molecule has 192 valence electrons. The van der Waals surface area contributed by atoms with E-state index in [1.165, 1.54) is 24.1 Å². The Bertz CT molecular complexity index is 1170. The summed E-state index contributed by atoms with van der Waals surface area (Å²) in [4.78, 5) is 39.8. The molecule has 3 rings (SSSR count). The molecule has 0 spiro atoms. The number of hydrogen-bond donors (Lipinski definition) is 3. The molecule has 1 aliphatic rings. The Morgan fingerprint density at radius 3 is 2.53 bits per heavy atom. The third kappa shape index (κ3) is 6.52. The number of ether oxygens (including phenoxy) is 2. The summed E-state index contributed by atoms with van der Waals surface area (Å²) in [7, 11) is 1.50. The maximum atomic E-state index is 13.4. The number of anilines is 2. The summed E-state index contributed by atoms with van der Waals surface area (Å²) >= 11 is 5.76. The van der Waals surface area contributed by atoms with Crippen molar-refractivity contribution in [3.05, 3.63) is 70.1 Å². The number of methoxy groups -OCH3 is 1. The predicted molar refractivity (Wildman–Crippen MR) is 134 cm³/mol. The molecule has 0 fully saturated rings. The van der Waals surface area contributed by atoms with E-state index in [-0.39, 0.29) is 24.3 Å². The normalized spacial score (nSPS) is 15.4. The molecule has 0 radical (unpaired) electrons. The van der Waals surface area contributed by atoms with Gasteiger partial charge in [-0.2, -0.15) is 0 Å². The average Bonchev–Trinajstić information content (AvgIpc) is 2.84. The minimum Gasteiger partial charge on any atom is -0.460 e. The second-order valence-corrected chi connectivity index (χ2v) is 8.40. The lowest BCUT2D eigenvalue weighted by Crippen LogP contribution is -2.48. The van der Waals surface area contributed by atoms with E-state index in [1.54, 1.807) is 31.2 Å². The molecule has 0 saturated heterocycles. The van der Waals surface area contributed by atoms with Crippen LogP contribution in [0.1, 0.15) is 31.9 Å². The first-order valence-corrected chi connectivity index (χ1v) is 11.7. The largest absolute Gasteiger partial charge is 0.460 e. The van der Waals surface area contributed by atoms with Gasteiger partial charge in [0, 0.05) is 30.7 Å². The molecule has 1 aliphatic heterocycles. The number of urea groups is 2. The summed E-state index contributed by atoms with van der Waals surface area (Å²) in [6.07, 6.45) is 0.704. The number of amides is 4. The van der Waals surface area contributed by atoms with E-state index < -0.39 is 23.9 Å². The van der Waals surface area contributed by atoms with E-state index in [2.05, 4.69) is 16.0 Å².